The molecule has 0 bridgehead atoms. The van der Waals surface area contributed by atoms with Gasteiger partial charge >= 0.3 is 0 Å². The van der Waals surface area contributed by atoms with Gasteiger partial charge in [0.2, 0.25) is 0 Å². The molecule has 9 heteroatoms. The average Bonchev–Trinajstić information content (AvgIpc) is 3.74. The number of nitrogens with zero attached hydrogens (tertiary/aromatic N) is 3. The van der Waals surface area contributed by atoms with Gasteiger partial charge in [0.1, 0.15) is 11.7 Å². The summed E-state index contributed by atoms with van der Waals surface area (Å²) in [7, 11) is 0. The molecule has 1 aromatic rings. The summed E-state index contributed by atoms with van der Waals surface area (Å²) in [6.07, 6.45) is 13.7. The molecule has 7 aliphatic rings. The summed E-state index contributed by atoms with van der Waals surface area (Å²) in [4.78, 5) is 13.4. The average molecular weight is 495 g/mol. The molecule has 36 heavy (non-hydrogen) atoms. The molecule has 0 spiro atoms. The number of ether oxygens (including phenoxy) is 1. The van der Waals surface area contributed by atoms with Gasteiger partial charge in [0.15, 0.2) is 0 Å². The minimum Gasteiger partial charge on any atom is -0.372 e. The van der Waals surface area contributed by atoms with Crippen molar-refractivity contribution in [2.75, 3.05) is 26.2 Å². The highest BCUT2D eigenvalue weighted by Gasteiger charge is 2.56. The van der Waals surface area contributed by atoms with Crippen molar-refractivity contribution in [3.63, 3.8) is 0 Å². The standard InChI is InChI=1S/C27H42N8O/c1-3-18(28-9-1)26-30-13-20(33-26)15-5-7-22-24(11-15)36-23-8-6-16(17-12-32-35(22)25(17)23)21-14-31-27(34-21)19-4-2-10-29-19/h13,15-19,21-25,28-29,32H,1-12,14H2,(H,30,33)(H,31,34). The first kappa shape index (κ1) is 22.5. The highest BCUT2D eigenvalue weighted by molar-refractivity contribution is 5.89. The Bertz CT molecular complexity index is 984. The maximum absolute atomic E-state index is 6.96. The van der Waals surface area contributed by atoms with Crippen LogP contribution in [0.3, 0.4) is 0 Å². The lowest BCUT2D eigenvalue weighted by molar-refractivity contribution is -0.188. The predicted molar refractivity (Wildman–Crippen MR) is 138 cm³/mol. The number of nitrogens with one attached hydrogen (secondary N) is 5. The first-order chi connectivity index (χ1) is 17.8. The molecule has 196 valence electrons. The van der Waals surface area contributed by atoms with Crippen molar-refractivity contribution in [3.05, 3.63) is 17.7 Å². The number of aromatic nitrogens is 2. The SMILES string of the molecule is c1nc(C2CCCN2)[nH]c1C1CCC2C(C1)OC1CCC(C3CN=C(C4CCCN4)N3)C3CNN2C13. The molecule has 5 aliphatic heterocycles. The van der Waals surface area contributed by atoms with Crippen LogP contribution >= 0.6 is 0 Å². The van der Waals surface area contributed by atoms with Crippen LogP contribution in [0.2, 0.25) is 0 Å². The van der Waals surface area contributed by atoms with Crippen molar-refractivity contribution in [2.45, 2.75) is 106 Å². The molecule has 8 rings (SSSR count). The first-order valence-electron chi connectivity index (χ1n) is 14.8. The number of rotatable bonds is 4. The zero-order valence-corrected chi connectivity index (χ0v) is 21.3. The molecule has 0 aromatic carbocycles. The lowest BCUT2D eigenvalue weighted by Crippen LogP contribution is -2.65. The van der Waals surface area contributed by atoms with Crippen LogP contribution in [0.1, 0.15) is 81.3 Å². The van der Waals surface area contributed by atoms with E-state index in [9.17, 15) is 0 Å². The zero-order chi connectivity index (χ0) is 23.6. The smallest absolute Gasteiger partial charge is 0.123 e. The van der Waals surface area contributed by atoms with Crippen molar-refractivity contribution in [2.24, 2.45) is 16.8 Å². The normalized spacial score (nSPS) is 46.4. The number of amidine groups is 1. The molecule has 10 atom stereocenters. The fourth-order valence-corrected chi connectivity index (χ4v) is 8.82. The second-order valence-electron chi connectivity index (χ2n) is 12.5. The minimum absolute atomic E-state index is 0.317. The van der Waals surface area contributed by atoms with Crippen molar-refractivity contribution >= 4 is 5.84 Å². The van der Waals surface area contributed by atoms with Crippen LogP contribution in [-0.4, -0.2) is 83.4 Å². The van der Waals surface area contributed by atoms with E-state index in [1.54, 1.807) is 0 Å². The number of morpholine rings is 1. The van der Waals surface area contributed by atoms with Crippen molar-refractivity contribution in [1.82, 2.24) is 36.4 Å². The molecule has 1 aromatic heterocycles. The Morgan fingerprint density at radius 2 is 1.81 bits per heavy atom. The molecule has 6 fully saturated rings. The van der Waals surface area contributed by atoms with Gasteiger partial charge in [-0.1, -0.05) is 0 Å². The van der Waals surface area contributed by atoms with Gasteiger partial charge in [0, 0.05) is 24.4 Å². The topological polar surface area (TPSA) is 102 Å². The van der Waals surface area contributed by atoms with Gasteiger partial charge in [0.05, 0.1) is 49.0 Å². The van der Waals surface area contributed by atoms with Crippen LogP contribution in [0.15, 0.2) is 11.2 Å². The Kier molecular flexibility index (Phi) is 5.65. The molecule has 2 saturated carbocycles. The number of hydrogen-bond acceptors (Lipinski definition) is 8. The maximum atomic E-state index is 6.96. The van der Waals surface area contributed by atoms with Crippen LogP contribution in [0.5, 0.6) is 0 Å². The molecule has 6 heterocycles. The molecule has 5 N–H and O–H groups in total. The fourth-order valence-electron chi connectivity index (χ4n) is 8.82. The number of fused-ring (bicyclic) bond motifs is 2. The highest BCUT2D eigenvalue weighted by Crippen LogP contribution is 2.48. The number of imidazole rings is 1. The maximum Gasteiger partial charge on any atom is 0.123 e. The van der Waals surface area contributed by atoms with Gasteiger partial charge in [-0.05, 0) is 82.7 Å². The largest absolute Gasteiger partial charge is 0.372 e. The monoisotopic (exact) mass is 494 g/mol. The quantitative estimate of drug-likeness (QED) is 0.433. The predicted octanol–water partition coefficient (Wildman–Crippen LogP) is 1.58. The summed E-state index contributed by atoms with van der Waals surface area (Å²) >= 11 is 0. The summed E-state index contributed by atoms with van der Waals surface area (Å²) in [5.41, 5.74) is 5.21. The summed E-state index contributed by atoms with van der Waals surface area (Å²) in [5.74, 6) is 4.22. The Labute approximate surface area is 214 Å². The van der Waals surface area contributed by atoms with Crippen LogP contribution in [-0.2, 0) is 4.74 Å². The number of hydrogen-bond donors (Lipinski definition) is 5. The van der Waals surface area contributed by atoms with E-state index < -0.39 is 0 Å². The van der Waals surface area contributed by atoms with E-state index in [1.807, 2.05) is 0 Å². The van der Waals surface area contributed by atoms with Gasteiger partial charge in [-0.3, -0.25) is 10.4 Å². The van der Waals surface area contributed by atoms with E-state index in [0.29, 0.717) is 60.2 Å². The van der Waals surface area contributed by atoms with Crippen molar-refractivity contribution < 1.29 is 4.74 Å². The van der Waals surface area contributed by atoms with Gasteiger partial charge in [-0.15, -0.1) is 0 Å². The number of aliphatic imine (C=N–C) groups is 1. The van der Waals surface area contributed by atoms with Crippen molar-refractivity contribution in [3.8, 4) is 0 Å². The lowest BCUT2D eigenvalue weighted by Gasteiger charge is -2.53. The van der Waals surface area contributed by atoms with Crippen LogP contribution < -0.4 is 21.4 Å². The van der Waals surface area contributed by atoms with Gasteiger partial charge < -0.3 is 25.7 Å². The van der Waals surface area contributed by atoms with E-state index in [1.165, 1.54) is 62.9 Å². The molecule has 4 saturated heterocycles. The first-order valence-corrected chi connectivity index (χ1v) is 14.8. The molecule has 10 unspecified atom stereocenters. The summed E-state index contributed by atoms with van der Waals surface area (Å²) < 4.78 is 6.96. The zero-order valence-electron chi connectivity index (χ0n) is 21.3. The third-order valence-electron chi connectivity index (χ3n) is 10.6. The Morgan fingerprint density at radius 3 is 2.67 bits per heavy atom. The van der Waals surface area contributed by atoms with Gasteiger partial charge in [-0.2, -0.15) is 0 Å². The number of hydrazine groups is 1. The summed E-state index contributed by atoms with van der Waals surface area (Å²) in [5, 5.41) is 13.7. The third-order valence-corrected chi connectivity index (χ3v) is 10.6. The summed E-state index contributed by atoms with van der Waals surface area (Å²) in [6, 6.07) is 2.37. The third kappa shape index (κ3) is 3.68. The fraction of sp³-hybridized carbons (Fsp3) is 0.852. The molecular weight excluding hydrogens is 452 g/mol. The minimum atomic E-state index is 0.317. The summed E-state index contributed by atoms with van der Waals surface area (Å²) in [6.45, 7) is 4.28. The molecule has 0 amide bonds. The van der Waals surface area contributed by atoms with E-state index in [-0.39, 0.29) is 0 Å². The number of H-pyrrole nitrogens is 1. The molecule has 0 radical (unpaired) electrons. The van der Waals surface area contributed by atoms with Crippen LogP contribution in [0.4, 0.5) is 0 Å². The lowest BCUT2D eigenvalue weighted by atomic mass is 9.70. The second kappa shape index (κ2) is 9.05. The molecule has 2 aliphatic carbocycles. The highest BCUT2D eigenvalue weighted by atomic mass is 16.5. The van der Waals surface area contributed by atoms with E-state index in [4.69, 9.17) is 14.7 Å². The second-order valence-corrected chi connectivity index (χ2v) is 12.5. The molecule has 9 nitrogen and oxygen atoms in total. The number of aromatic amines is 1. The van der Waals surface area contributed by atoms with Gasteiger partial charge in [-0.25, -0.2) is 9.99 Å². The Balaban J connectivity index is 0.936. The van der Waals surface area contributed by atoms with Crippen molar-refractivity contribution in [1.29, 1.82) is 0 Å². The molecular formula is C27H42N8O. The van der Waals surface area contributed by atoms with Gasteiger partial charge in [0.25, 0.3) is 0 Å². The van der Waals surface area contributed by atoms with E-state index in [2.05, 4.69) is 37.6 Å². The van der Waals surface area contributed by atoms with E-state index >= 15 is 0 Å². The van der Waals surface area contributed by atoms with E-state index in [0.717, 1.165) is 38.4 Å². The van der Waals surface area contributed by atoms with Crippen LogP contribution in [0.25, 0.3) is 0 Å². The van der Waals surface area contributed by atoms with Crippen LogP contribution in [0, 0.1) is 11.8 Å². The Morgan fingerprint density at radius 1 is 0.917 bits per heavy atom. The Hall–Kier alpha value is -1.52.